The van der Waals surface area contributed by atoms with Crippen LogP contribution in [0, 0.1) is 5.41 Å². The summed E-state index contributed by atoms with van der Waals surface area (Å²) in [5, 5.41) is 12.9. The van der Waals surface area contributed by atoms with E-state index in [0.29, 0.717) is 0 Å². The average molecular weight is 245 g/mol. The van der Waals surface area contributed by atoms with Crippen molar-refractivity contribution in [1.82, 2.24) is 0 Å². The van der Waals surface area contributed by atoms with Gasteiger partial charge in [-0.1, -0.05) is 61.7 Å². The van der Waals surface area contributed by atoms with Crippen molar-refractivity contribution in [1.29, 1.82) is 0 Å². The predicted molar refractivity (Wildman–Crippen MR) is 75.2 cm³/mol. The van der Waals surface area contributed by atoms with Gasteiger partial charge in [0.1, 0.15) is 0 Å². The van der Waals surface area contributed by atoms with Gasteiger partial charge in [-0.15, -0.1) is 0 Å². The van der Waals surface area contributed by atoms with E-state index in [0.717, 1.165) is 18.6 Å². The minimum absolute atomic E-state index is 0.127. The maximum atomic E-state index is 9.31. The van der Waals surface area contributed by atoms with Crippen LogP contribution in [0.3, 0.4) is 0 Å². The molecule has 0 unspecified atom stereocenters. The first-order valence-electron chi connectivity index (χ1n) is 7.00. The van der Waals surface area contributed by atoms with Crippen molar-refractivity contribution in [2.45, 2.75) is 51.9 Å². The van der Waals surface area contributed by atoms with Gasteiger partial charge in [-0.05, 0) is 31.2 Å². The molecule has 0 aromatic heterocycles. The van der Waals surface area contributed by atoms with Crippen LogP contribution >= 0.6 is 0 Å². The van der Waals surface area contributed by atoms with Crippen molar-refractivity contribution in [3.05, 3.63) is 35.9 Å². The molecule has 1 aromatic carbocycles. The largest absolute Gasteiger partial charge is 0.411 e. The summed E-state index contributed by atoms with van der Waals surface area (Å²) in [5.41, 5.74) is 2.44. The van der Waals surface area contributed by atoms with Crippen LogP contribution in [0.25, 0.3) is 0 Å². The third-order valence-corrected chi connectivity index (χ3v) is 4.27. The second-order valence-corrected chi connectivity index (χ2v) is 5.65. The predicted octanol–water partition coefficient (Wildman–Crippen LogP) is 4.42. The molecule has 1 fully saturated rings. The molecular formula is C16H23NO. The number of benzene rings is 1. The first-order valence-corrected chi connectivity index (χ1v) is 7.00. The zero-order valence-electron chi connectivity index (χ0n) is 11.2. The summed E-state index contributed by atoms with van der Waals surface area (Å²) in [5.74, 6) is 0. The molecule has 1 aliphatic rings. The highest BCUT2D eigenvalue weighted by Gasteiger charge is 2.32. The smallest absolute Gasteiger partial charge is 0.0632 e. The zero-order valence-corrected chi connectivity index (χ0v) is 11.2. The topological polar surface area (TPSA) is 32.6 Å². The van der Waals surface area contributed by atoms with Gasteiger partial charge in [0.15, 0.2) is 0 Å². The van der Waals surface area contributed by atoms with Crippen LogP contribution in [0.15, 0.2) is 35.5 Å². The quantitative estimate of drug-likeness (QED) is 0.475. The lowest BCUT2D eigenvalue weighted by molar-refractivity contribution is 0.271. The Morgan fingerprint density at radius 1 is 1.17 bits per heavy atom. The Labute approximate surface area is 110 Å². The van der Waals surface area contributed by atoms with Crippen molar-refractivity contribution in [2.24, 2.45) is 10.6 Å². The Hall–Kier alpha value is -1.31. The molecule has 0 aliphatic heterocycles. The monoisotopic (exact) mass is 245 g/mol. The first-order chi connectivity index (χ1) is 8.74. The van der Waals surface area contributed by atoms with Gasteiger partial charge >= 0.3 is 0 Å². The van der Waals surface area contributed by atoms with Gasteiger partial charge < -0.3 is 5.21 Å². The van der Waals surface area contributed by atoms with Crippen LogP contribution in [-0.4, -0.2) is 10.9 Å². The van der Waals surface area contributed by atoms with Gasteiger partial charge in [-0.2, -0.15) is 0 Å². The summed E-state index contributed by atoms with van der Waals surface area (Å²) in [6, 6.07) is 10.4. The molecular weight excluding hydrogens is 222 g/mol. The lowest BCUT2D eigenvalue weighted by Crippen LogP contribution is -2.30. The Morgan fingerprint density at radius 2 is 1.83 bits per heavy atom. The highest BCUT2D eigenvalue weighted by atomic mass is 16.4. The van der Waals surface area contributed by atoms with Gasteiger partial charge in [-0.25, -0.2) is 0 Å². The van der Waals surface area contributed by atoms with Crippen molar-refractivity contribution in [3.8, 4) is 0 Å². The second-order valence-electron chi connectivity index (χ2n) is 5.65. The molecule has 1 aliphatic carbocycles. The summed E-state index contributed by atoms with van der Waals surface area (Å²) in [7, 11) is 0. The highest BCUT2D eigenvalue weighted by molar-refractivity contribution is 5.89. The van der Waals surface area contributed by atoms with Crippen LogP contribution in [0.1, 0.15) is 51.0 Å². The molecule has 0 atom stereocenters. The Kier molecular flexibility index (Phi) is 4.40. The summed E-state index contributed by atoms with van der Waals surface area (Å²) in [6.45, 7) is 2.26. The maximum Gasteiger partial charge on any atom is 0.0632 e. The molecule has 0 bridgehead atoms. The van der Waals surface area contributed by atoms with Crippen molar-refractivity contribution >= 4 is 5.71 Å². The molecule has 1 saturated carbocycles. The van der Waals surface area contributed by atoms with E-state index in [9.17, 15) is 5.21 Å². The van der Waals surface area contributed by atoms with E-state index in [1.54, 1.807) is 0 Å². The third-order valence-electron chi connectivity index (χ3n) is 4.27. The maximum absolute atomic E-state index is 9.31. The molecule has 98 valence electrons. The fraction of sp³-hybridized carbons (Fsp3) is 0.562. The van der Waals surface area contributed by atoms with E-state index in [1.807, 2.05) is 6.07 Å². The van der Waals surface area contributed by atoms with Crippen LogP contribution in [0.4, 0.5) is 0 Å². The van der Waals surface area contributed by atoms with Crippen molar-refractivity contribution in [2.75, 3.05) is 0 Å². The fourth-order valence-corrected chi connectivity index (χ4v) is 3.00. The molecule has 1 N–H and O–H groups in total. The minimum atomic E-state index is 0.127. The molecule has 1 aromatic rings. The normalized spacial score (nSPS) is 19.7. The average Bonchev–Trinajstić information content (AvgIpc) is 2.41. The fourth-order valence-electron chi connectivity index (χ4n) is 3.00. The summed E-state index contributed by atoms with van der Waals surface area (Å²) < 4.78 is 0. The third kappa shape index (κ3) is 3.12. The van der Waals surface area contributed by atoms with E-state index < -0.39 is 0 Å². The number of nitrogens with zero attached hydrogens (tertiary/aromatic N) is 1. The number of hydrogen-bond donors (Lipinski definition) is 1. The number of hydrogen-bond acceptors (Lipinski definition) is 2. The van der Waals surface area contributed by atoms with E-state index in [-0.39, 0.29) is 5.41 Å². The zero-order chi connectivity index (χ0) is 12.8. The molecule has 18 heavy (non-hydrogen) atoms. The SMILES string of the molecule is CC1(/C(CCc2ccccc2)=N\O)CCCCC1. The number of rotatable bonds is 4. The van der Waals surface area contributed by atoms with Crippen LogP contribution < -0.4 is 0 Å². The van der Waals surface area contributed by atoms with Crippen LogP contribution in [0.2, 0.25) is 0 Å². The van der Waals surface area contributed by atoms with Crippen molar-refractivity contribution in [3.63, 3.8) is 0 Å². The highest BCUT2D eigenvalue weighted by Crippen LogP contribution is 2.38. The lowest BCUT2D eigenvalue weighted by Gasteiger charge is -2.34. The number of oxime groups is 1. The Balaban J connectivity index is 1.97. The Bertz CT molecular complexity index is 391. The summed E-state index contributed by atoms with van der Waals surface area (Å²) in [6.07, 6.45) is 8.03. The van der Waals surface area contributed by atoms with Gasteiger partial charge in [0.2, 0.25) is 0 Å². The number of aryl methyl sites for hydroxylation is 1. The van der Waals surface area contributed by atoms with E-state index in [4.69, 9.17) is 0 Å². The molecule has 0 spiro atoms. The van der Waals surface area contributed by atoms with Gasteiger partial charge in [-0.3, -0.25) is 0 Å². The molecule has 2 heteroatoms. The second kappa shape index (κ2) is 6.03. The van der Waals surface area contributed by atoms with Crippen LogP contribution in [-0.2, 0) is 6.42 Å². The van der Waals surface area contributed by atoms with Crippen LogP contribution in [0.5, 0.6) is 0 Å². The summed E-state index contributed by atoms with van der Waals surface area (Å²) >= 11 is 0. The molecule has 0 heterocycles. The van der Waals surface area contributed by atoms with Crippen molar-refractivity contribution < 1.29 is 5.21 Å². The molecule has 2 nitrogen and oxygen atoms in total. The van der Waals surface area contributed by atoms with E-state index >= 15 is 0 Å². The minimum Gasteiger partial charge on any atom is -0.411 e. The summed E-state index contributed by atoms with van der Waals surface area (Å²) in [4.78, 5) is 0. The molecule has 2 rings (SSSR count). The Morgan fingerprint density at radius 3 is 2.44 bits per heavy atom. The van der Waals surface area contributed by atoms with Gasteiger partial charge in [0.25, 0.3) is 0 Å². The van der Waals surface area contributed by atoms with Gasteiger partial charge in [0.05, 0.1) is 5.71 Å². The molecule has 0 amide bonds. The molecule has 0 saturated heterocycles. The lowest BCUT2D eigenvalue weighted by atomic mass is 9.71. The van der Waals surface area contributed by atoms with E-state index in [1.165, 1.54) is 37.7 Å². The molecule has 0 radical (unpaired) electrons. The first kappa shape index (κ1) is 13.1. The van der Waals surface area contributed by atoms with E-state index in [2.05, 4.69) is 36.3 Å². The van der Waals surface area contributed by atoms with Gasteiger partial charge in [0, 0.05) is 5.41 Å². The standard InChI is InChI=1S/C16H23NO/c1-16(12-6-3-7-13-16)15(17-18)11-10-14-8-4-2-5-9-14/h2,4-5,8-9,18H,3,6-7,10-13H2,1H3/b17-15-.